The second kappa shape index (κ2) is 9.70. The molecule has 33 heavy (non-hydrogen) atoms. The quantitative estimate of drug-likeness (QED) is 0.203. The Kier molecular flexibility index (Phi) is 6.98. The highest BCUT2D eigenvalue weighted by atomic mass is 16.6. The molecule has 174 valence electrons. The minimum atomic E-state index is -1.01. The van der Waals surface area contributed by atoms with E-state index in [-0.39, 0.29) is 47.6 Å². The molecular weight excluding hydrogens is 432 g/mol. The first kappa shape index (κ1) is 23.7. The minimum Gasteiger partial charge on any atom is -0.507 e. The maximum atomic E-state index is 12.9. The van der Waals surface area contributed by atoms with Gasteiger partial charge in [0.05, 0.1) is 36.4 Å². The van der Waals surface area contributed by atoms with E-state index in [4.69, 9.17) is 9.47 Å². The van der Waals surface area contributed by atoms with E-state index in [0.717, 1.165) is 0 Å². The zero-order valence-corrected chi connectivity index (χ0v) is 18.3. The van der Waals surface area contributed by atoms with Gasteiger partial charge in [-0.3, -0.25) is 19.7 Å². The molecule has 1 fully saturated rings. The van der Waals surface area contributed by atoms with Crippen molar-refractivity contribution >= 4 is 23.1 Å². The van der Waals surface area contributed by atoms with Crippen LogP contribution in [0.5, 0.6) is 11.5 Å². The number of nitro groups is 1. The highest BCUT2D eigenvalue weighted by Crippen LogP contribution is 2.41. The number of nitro benzene ring substituents is 1. The number of amides is 1. The molecule has 10 nitrogen and oxygen atoms in total. The van der Waals surface area contributed by atoms with Gasteiger partial charge in [0.15, 0.2) is 11.5 Å². The van der Waals surface area contributed by atoms with E-state index in [2.05, 4.69) is 0 Å². The van der Waals surface area contributed by atoms with Gasteiger partial charge >= 0.3 is 0 Å². The fraction of sp³-hybridized carbons (Fsp3) is 0.304. The van der Waals surface area contributed by atoms with Gasteiger partial charge in [0.25, 0.3) is 17.4 Å². The Morgan fingerprint density at radius 1 is 1.18 bits per heavy atom. The summed E-state index contributed by atoms with van der Waals surface area (Å²) in [4.78, 5) is 37.4. The molecule has 2 aromatic rings. The molecule has 1 aliphatic rings. The molecule has 1 amide bonds. The second-order valence-corrected chi connectivity index (χ2v) is 7.65. The number of ether oxygens (including phenoxy) is 2. The number of aliphatic hydroxyl groups excluding tert-OH is 1. The number of phenolic OH excluding ortho intramolecular Hbond substituents is 1. The van der Waals surface area contributed by atoms with Gasteiger partial charge in [-0.25, -0.2) is 0 Å². The van der Waals surface area contributed by atoms with Gasteiger partial charge in [0, 0.05) is 24.2 Å². The number of methoxy groups -OCH3 is 1. The highest BCUT2D eigenvalue weighted by molar-refractivity contribution is 6.46. The predicted octanol–water partition coefficient (Wildman–Crippen LogP) is 3.16. The molecule has 0 saturated carbocycles. The predicted molar refractivity (Wildman–Crippen MR) is 118 cm³/mol. The molecule has 1 aliphatic heterocycles. The molecule has 2 aromatic carbocycles. The molecule has 0 aromatic heterocycles. The number of rotatable bonds is 8. The van der Waals surface area contributed by atoms with Gasteiger partial charge in [-0.15, -0.1) is 0 Å². The summed E-state index contributed by atoms with van der Waals surface area (Å²) >= 11 is 0. The number of non-ortho nitro benzene ring substituents is 1. The summed E-state index contributed by atoms with van der Waals surface area (Å²) in [7, 11) is 1.39. The lowest BCUT2D eigenvalue weighted by Gasteiger charge is -2.26. The van der Waals surface area contributed by atoms with Crippen LogP contribution in [0, 0.1) is 10.1 Å². The van der Waals surface area contributed by atoms with Gasteiger partial charge in [0.1, 0.15) is 5.76 Å². The number of Topliss-reactive ketones (excluding diaryl/α,β-unsaturated/α-hetero) is 1. The van der Waals surface area contributed by atoms with Crippen molar-refractivity contribution in [3.05, 3.63) is 69.3 Å². The smallest absolute Gasteiger partial charge is 0.295 e. The summed E-state index contributed by atoms with van der Waals surface area (Å²) in [5.74, 6) is -2.21. The Hall–Kier alpha value is -3.92. The summed E-state index contributed by atoms with van der Waals surface area (Å²) < 4.78 is 10.6. The third kappa shape index (κ3) is 4.80. The number of aromatic hydroxyl groups is 1. The van der Waals surface area contributed by atoms with E-state index in [9.17, 15) is 29.9 Å². The molecular formula is C23H24N2O8. The van der Waals surface area contributed by atoms with Crippen molar-refractivity contribution in [3.63, 3.8) is 0 Å². The molecule has 0 radical (unpaired) electrons. The molecule has 1 atom stereocenters. The summed E-state index contributed by atoms with van der Waals surface area (Å²) in [5, 5.41) is 32.2. The van der Waals surface area contributed by atoms with Crippen LogP contribution in [-0.4, -0.2) is 58.1 Å². The van der Waals surface area contributed by atoms with Gasteiger partial charge in [0.2, 0.25) is 0 Å². The summed E-state index contributed by atoms with van der Waals surface area (Å²) in [6, 6.07) is 8.39. The number of aliphatic hydroxyl groups is 1. The van der Waals surface area contributed by atoms with Crippen molar-refractivity contribution in [2.24, 2.45) is 0 Å². The van der Waals surface area contributed by atoms with Gasteiger partial charge in [-0.05, 0) is 43.7 Å². The van der Waals surface area contributed by atoms with Gasteiger partial charge < -0.3 is 24.6 Å². The number of ketones is 1. The lowest BCUT2D eigenvalue weighted by Crippen LogP contribution is -2.33. The summed E-state index contributed by atoms with van der Waals surface area (Å²) in [6.45, 7) is 3.89. The van der Waals surface area contributed by atoms with Crippen molar-refractivity contribution in [2.45, 2.75) is 26.0 Å². The van der Waals surface area contributed by atoms with Crippen LogP contribution in [0.2, 0.25) is 0 Å². The summed E-state index contributed by atoms with van der Waals surface area (Å²) in [5.41, 5.74) is 0.137. The van der Waals surface area contributed by atoms with Crippen LogP contribution in [0.25, 0.3) is 5.76 Å². The average Bonchev–Trinajstić information content (AvgIpc) is 3.03. The Balaban J connectivity index is 2.11. The van der Waals surface area contributed by atoms with Gasteiger partial charge in [-0.2, -0.15) is 0 Å². The fourth-order valence-corrected chi connectivity index (χ4v) is 3.62. The molecule has 0 spiro atoms. The topological polar surface area (TPSA) is 139 Å². The van der Waals surface area contributed by atoms with Crippen LogP contribution in [0.3, 0.4) is 0 Å². The first-order valence-corrected chi connectivity index (χ1v) is 10.2. The van der Waals surface area contributed by atoms with Crippen LogP contribution in [0.15, 0.2) is 48.0 Å². The van der Waals surface area contributed by atoms with E-state index in [0.29, 0.717) is 5.56 Å². The van der Waals surface area contributed by atoms with Crippen molar-refractivity contribution in [2.75, 3.05) is 20.3 Å². The number of nitrogens with zero attached hydrogens (tertiary/aromatic N) is 2. The molecule has 1 unspecified atom stereocenters. The van der Waals surface area contributed by atoms with Crippen LogP contribution in [-0.2, 0) is 14.3 Å². The van der Waals surface area contributed by atoms with Crippen LogP contribution in [0.4, 0.5) is 5.69 Å². The number of likely N-dealkylation sites (tertiary alicyclic amines) is 1. The second-order valence-electron chi connectivity index (χ2n) is 7.65. The standard InChI is InChI=1S/C23H24N2O8/c1-13(2)33-11-10-24-20(15-6-9-18(32-3)17(26)12-15)19(22(28)23(24)29)21(27)14-4-7-16(8-5-14)25(30)31/h4-9,12-13,20,26-27H,10-11H2,1-3H3/b21-19-. The SMILES string of the molecule is COc1ccc(C2/C(=C(/O)c3ccc([N+](=O)[O-])cc3)C(=O)C(=O)N2CCOC(C)C)cc1O. The monoisotopic (exact) mass is 456 g/mol. The van der Waals surface area contributed by atoms with Crippen LogP contribution < -0.4 is 4.74 Å². The number of carbonyl (C=O) groups is 2. The minimum absolute atomic E-state index is 0.0667. The van der Waals surface area contributed by atoms with E-state index in [1.807, 2.05) is 13.8 Å². The number of carbonyl (C=O) groups excluding carboxylic acids is 2. The Bertz CT molecular complexity index is 1110. The van der Waals surface area contributed by atoms with E-state index in [1.54, 1.807) is 6.07 Å². The number of hydrogen-bond donors (Lipinski definition) is 2. The van der Waals surface area contributed by atoms with Crippen molar-refractivity contribution in [3.8, 4) is 11.5 Å². The number of phenols is 1. The fourth-order valence-electron chi connectivity index (χ4n) is 3.62. The Morgan fingerprint density at radius 2 is 1.85 bits per heavy atom. The van der Waals surface area contributed by atoms with E-state index < -0.39 is 28.4 Å². The zero-order valence-electron chi connectivity index (χ0n) is 18.3. The molecule has 0 aliphatic carbocycles. The molecule has 3 rings (SSSR count). The van der Waals surface area contributed by atoms with Crippen molar-refractivity contribution < 1.29 is 34.2 Å². The van der Waals surface area contributed by atoms with E-state index >= 15 is 0 Å². The van der Waals surface area contributed by atoms with Crippen LogP contribution in [0.1, 0.15) is 31.0 Å². The normalized spacial score (nSPS) is 17.6. The first-order chi connectivity index (χ1) is 15.6. The lowest BCUT2D eigenvalue weighted by molar-refractivity contribution is -0.384. The zero-order chi connectivity index (χ0) is 24.3. The summed E-state index contributed by atoms with van der Waals surface area (Å²) in [6.07, 6.45) is -0.0922. The third-order valence-electron chi connectivity index (χ3n) is 5.19. The van der Waals surface area contributed by atoms with Crippen molar-refractivity contribution in [1.29, 1.82) is 0 Å². The lowest BCUT2D eigenvalue weighted by atomic mass is 9.95. The van der Waals surface area contributed by atoms with E-state index in [1.165, 1.54) is 48.4 Å². The largest absolute Gasteiger partial charge is 0.507 e. The Morgan fingerprint density at radius 3 is 2.39 bits per heavy atom. The molecule has 1 saturated heterocycles. The maximum absolute atomic E-state index is 12.9. The Labute approximate surface area is 189 Å². The number of benzene rings is 2. The molecule has 10 heteroatoms. The molecule has 2 N–H and O–H groups in total. The third-order valence-corrected chi connectivity index (χ3v) is 5.19. The maximum Gasteiger partial charge on any atom is 0.295 e. The van der Waals surface area contributed by atoms with Crippen molar-refractivity contribution in [1.82, 2.24) is 4.90 Å². The van der Waals surface area contributed by atoms with Gasteiger partial charge in [-0.1, -0.05) is 6.07 Å². The number of hydrogen-bond acceptors (Lipinski definition) is 8. The molecule has 0 bridgehead atoms. The average molecular weight is 456 g/mol. The van der Waals surface area contributed by atoms with Crippen LogP contribution >= 0.6 is 0 Å². The molecule has 1 heterocycles. The first-order valence-electron chi connectivity index (χ1n) is 10.2. The highest BCUT2D eigenvalue weighted by Gasteiger charge is 2.46.